The highest BCUT2D eigenvalue weighted by Gasteiger charge is 2.41. The number of hydrogen-bond donors (Lipinski definition) is 1. The molecule has 3 rings (SSSR count). The molecule has 3 aliphatic rings. The van der Waals surface area contributed by atoms with Crippen molar-refractivity contribution in [1.82, 2.24) is 4.90 Å². The molecule has 0 aromatic carbocycles. The first-order valence-electron chi connectivity index (χ1n) is 9.03. The Balaban J connectivity index is 1.50. The van der Waals surface area contributed by atoms with Gasteiger partial charge in [-0.15, -0.1) is 0 Å². The van der Waals surface area contributed by atoms with Crippen LogP contribution < -0.4 is 5.73 Å². The number of guanidine groups is 1. The third-order valence-corrected chi connectivity index (χ3v) is 5.22. The smallest absolute Gasteiger partial charge is 0.191 e. The van der Waals surface area contributed by atoms with E-state index < -0.39 is 0 Å². The van der Waals surface area contributed by atoms with Crippen LogP contribution in [0.15, 0.2) is 4.99 Å². The van der Waals surface area contributed by atoms with E-state index in [1.54, 1.807) is 0 Å². The summed E-state index contributed by atoms with van der Waals surface area (Å²) < 4.78 is 12.2. The summed E-state index contributed by atoms with van der Waals surface area (Å²) in [5, 5.41) is 0. The fourth-order valence-corrected chi connectivity index (χ4v) is 3.93. The summed E-state index contributed by atoms with van der Waals surface area (Å²) in [6.45, 7) is 5.63. The van der Waals surface area contributed by atoms with Crippen molar-refractivity contribution in [3.05, 3.63) is 0 Å². The number of rotatable bonds is 2. The molecular weight excluding hydrogens is 278 g/mol. The molecular formula is C17H31N3O2. The molecule has 3 fully saturated rings. The zero-order valence-corrected chi connectivity index (χ0v) is 13.9. The monoisotopic (exact) mass is 309 g/mol. The molecule has 22 heavy (non-hydrogen) atoms. The third-order valence-electron chi connectivity index (χ3n) is 5.22. The van der Waals surface area contributed by atoms with Gasteiger partial charge in [0.1, 0.15) is 6.10 Å². The minimum absolute atomic E-state index is 0.0684. The molecule has 1 saturated carbocycles. The molecule has 2 atom stereocenters. The van der Waals surface area contributed by atoms with Gasteiger partial charge in [-0.1, -0.05) is 19.8 Å². The van der Waals surface area contributed by atoms with Crippen LogP contribution >= 0.6 is 0 Å². The van der Waals surface area contributed by atoms with Crippen LogP contribution in [0.5, 0.6) is 0 Å². The summed E-state index contributed by atoms with van der Waals surface area (Å²) in [6, 6.07) is 0. The number of nitrogens with two attached hydrogens (primary N) is 1. The first kappa shape index (κ1) is 16.1. The highest BCUT2D eigenvalue weighted by molar-refractivity contribution is 5.78. The summed E-state index contributed by atoms with van der Waals surface area (Å²) in [6.07, 6.45) is 9.68. The third kappa shape index (κ3) is 3.93. The molecule has 5 nitrogen and oxygen atoms in total. The lowest BCUT2D eigenvalue weighted by Gasteiger charge is -2.31. The first-order chi connectivity index (χ1) is 10.7. The van der Waals surface area contributed by atoms with E-state index in [0.29, 0.717) is 25.0 Å². The Bertz CT molecular complexity index is 391. The molecule has 0 aromatic heterocycles. The van der Waals surface area contributed by atoms with Gasteiger partial charge in [0.05, 0.1) is 13.2 Å². The van der Waals surface area contributed by atoms with Gasteiger partial charge in [-0.25, -0.2) is 0 Å². The molecule has 0 aromatic rings. The minimum atomic E-state index is -0.314. The quantitative estimate of drug-likeness (QED) is 0.629. The number of nitrogens with zero attached hydrogens (tertiary/aromatic N) is 2. The van der Waals surface area contributed by atoms with Crippen molar-refractivity contribution in [2.75, 3.05) is 26.2 Å². The lowest BCUT2D eigenvalue weighted by molar-refractivity contribution is -0.174. The van der Waals surface area contributed by atoms with E-state index >= 15 is 0 Å². The summed E-state index contributed by atoms with van der Waals surface area (Å²) in [5.41, 5.74) is 6.16. The van der Waals surface area contributed by atoms with Crippen LogP contribution in [0.4, 0.5) is 0 Å². The molecule has 0 amide bonds. The van der Waals surface area contributed by atoms with Gasteiger partial charge in [-0.3, -0.25) is 4.99 Å². The second kappa shape index (κ2) is 7.18. The second-order valence-electron chi connectivity index (χ2n) is 7.27. The Kier molecular flexibility index (Phi) is 5.24. The standard InChI is InChI=1S/C17H31N3O2/c1-14-7-6-10-20(12-14)16(18)19-11-15-13-21-17(22-15)8-4-2-3-5-9-17/h14-15H,2-13H2,1H3,(H2,18,19). The molecule has 2 heterocycles. The summed E-state index contributed by atoms with van der Waals surface area (Å²) >= 11 is 0. The maximum absolute atomic E-state index is 6.23. The van der Waals surface area contributed by atoms with E-state index in [-0.39, 0.29) is 11.9 Å². The summed E-state index contributed by atoms with van der Waals surface area (Å²) in [5.74, 6) is 1.07. The first-order valence-corrected chi connectivity index (χ1v) is 9.03. The van der Waals surface area contributed by atoms with E-state index in [0.717, 1.165) is 25.9 Å². The van der Waals surface area contributed by atoms with Gasteiger partial charge in [-0.2, -0.15) is 0 Å². The van der Waals surface area contributed by atoms with E-state index in [4.69, 9.17) is 15.2 Å². The number of piperidine rings is 1. The molecule has 126 valence electrons. The van der Waals surface area contributed by atoms with Gasteiger partial charge >= 0.3 is 0 Å². The minimum Gasteiger partial charge on any atom is -0.370 e. The number of ether oxygens (including phenoxy) is 2. The number of likely N-dealkylation sites (tertiary alicyclic amines) is 1. The second-order valence-corrected chi connectivity index (χ2v) is 7.27. The van der Waals surface area contributed by atoms with Crippen LogP contribution in [0.25, 0.3) is 0 Å². The van der Waals surface area contributed by atoms with Crippen molar-refractivity contribution in [1.29, 1.82) is 0 Å². The highest BCUT2D eigenvalue weighted by atomic mass is 16.7. The Morgan fingerprint density at radius 1 is 1.23 bits per heavy atom. The largest absolute Gasteiger partial charge is 0.370 e. The average molecular weight is 309 g/mol. The molecule has 1 spiro atoms. The zero-order chi connectivity index (χ0) is 15.4. The van der Waals surface area contributed by atoms with Crippen molar-refractivity contribution in [3.8, 4) is 0 Å². The highest BCUT2D eigenvalue weighted by Crippen LogP contribution is 2.36. The van der Waals surface area contributed by atoms with Gasteiger partial charge < -0.3 is 20.1 Å². The van der Waals surface area contributed by atoms with Crippen LogP contribution in [0, 0.1) is 5.92 Å². The number of hydrogen-bond acceptors (Lipinski definition) is 3. The molecule has 2 aliphatic heterocycles. The zero-order valence-electron chi connectivity index (χ0n) is 13.9. The van der Waals surface area contributed by atoms with E-state index in [1.807, 2.05) is 0 Å². The number of aliphatic imine (C=N–C) groups is 1. The van der Waals surface area contributed by atoms with Crippen molar-refractivity contribution in [2.24, 2.45) is 16.6 Å². The normalized spacial score (nSPS) is 33.1. The van der Waals surface area contributed by atoms with Crippen molar-refractivity contribution in [3.63, 3.8) is 0 Å². The van der Waals surface area contributed by atoms with Gasteiger partial charge in [0.15, 0.2) is 11.7 Å². The molecule has 0 radical (unpaired) electrons. The fourth-order valence-electron chi connectivity index (χ4n) is 3.93. The molecule has 2 saturated heterocycles. The fraction of sp³-hybridized carbons (Fsp3) is 0.941. The van der Waals surface area contributed by atoms with E-state index in [2.05, 4.69) is 16.8 Å². The SMILES string of the molecule is CC1CCCN(C(N)=NCC2COC3(CCCCCC3)O2)C1. The summed E-state index contributed by atoms with van der Waals surface area (Å²) in [4.78, 5) is 6.79. The van der Waals surface area contributed by atoms with E-state index in [1.165, 1.54) is 38.5 Å². The van der Waals surface area contributed by atoms with Crippen LogP contribution in [-0.2, 0) is 9.47 Å². The molecule has 2 unspecified atom stereocenters. The van der Waals surface area contributed by atoms with E-state index in [9.17, 15) is 0 Å². The van der Waals surface area contributed by atoms with Crippen LogP contribution in [-0.4, -0.2) is 49.0 Å². The Labute approximate surface area is 134 Å². The summed E-state index contributed by atoms with van der Waals surface area (Å²) in [7, 11) is 0. The van der Waals surface area contributed by atoms with Crippen molar-refractivity contribution in [2.45, 2.75) is 70.2 Å². The molecule has 0 bridgehead atoms. The van der Waals surface area contributed by atoms with Crippen LogP contribution in [0.2, 0.25) is 0 Å². The van der Waals surface area contributed by atoms with Gasteiger partial charge in [0.2, 0.25) is 0 Å². The molecule has 2 N–H and O–H groups in total. The molecule has 5 heteroatoms. The predicted molar refractivity (Wildman–Crippen MR) is 87.7 cm³/mol. The Morgan fingerprint density at radius 2 is 2.00 bits per heavy atom. The predicted octanol–water partition coefficient (Wildman–Crippen LogP) is 2.50. The Morgan fingerprint density at radius 3 is 2.73 bits per heavy atom. The van der Waals surface area contributed by atoms with Crippen LogP contribution in [0.3, 0.4) is 0 Å². The maximum Gasteiger partial charge on any atom is 0.191 e. The van der Waals surface area contributed by atoms with Crippen LogP contribution in [0.1, 0.15) is 58.3 Å². The van der Waals surface area contributed by atoms with Gasteiger partial charge in [-0.05, 0) is 31.6 Å². The lowest BCUT2D eigenvalue weighted by Crippen LogP contribution is -2.44. The van der Waals surface area contributed by atoms with Crippen molar-refractivity contribution < 1.29 is 9.47 Å². The topological polar surface area (TPSA) is 60.1 Å². The van der Waals surface area contributed by atoms with Gasteiger partial charge in [0.25, 0.3) is 0 Å². The molecule has 1 aliphatic carbocycles. The van der Waals surface area contributed by atoms with Crippen molar-refractivity contribution >= 4 is 5.96 Å². The average Bonchev–Trinajstić information content (AvgIpc) is 2.76. The Hall–Kier alpha value is -0.810. The lowest BCUT2D eigenvalue weighted by atomic mass is 10.0. The maximum atomic E-state index is 6.23. The van der Waals surface area contributed by atoms with Gasteiger partial charge in [0, 0.05) is 25.9 Å².